The summed E-state index contributed by atoms with van der Waals surface area (Å²) in [4.78, 5) is 19.4. The van der Waals surface area contributed by atoms with Crippen molar-refractivity contribution in [1.82, 2.24) is 14.5 Å². The van der Waals surface area contributed by atoms with Crippen molar-refractivity contribution in [3.63, 3.8) is 0 Å². The molecule has 3 rings (SSSR count). The van der Waals surface area contributed by atoms with Crippen LogP contribution in [0.3, 0.4) is 0 Å². The molecule has 1 aliphatic carbocycles. The Hall–Kier alpha value is -1.32. The summed E-state index contributed by atoms with van der Waals surface area (Å²) in [6.45, 7) is 4.92. The molecule has 0 aromatic carbocycles. The van der Waals surface area contributed by atoms with E-state index in [0.29, 0.717) is 17.7 Å². The van der Waals surface area contributed by atoms with Gasteiger partial charge >= 0.3 is 0 Å². The lowest BCUT2D eigenvalue weighted by Crippen LogP contribution is -2.43. The van der Waals surface area contributed by atoms with E-state index in [2.05, 4.69) is 27.6 Å². The van der Waals surface area contributed by atoms with Crippen LogP contribution in [0.2, 0.25) is 0 Å². The monoisotopic (exact) mass is 289 g/mol. The van der Waals surface area contributed by atoms with Gasteiger partial charge in [0.05, 0.1) is 0 Å². The van der Waals surface area contributed by atoms with Gasteiger partial charge in [-0.2, -0.15) is 0 Å². The van der Waals surface area contributed by atoms with Gasteiger partial charge in [0.1, 0.15) is 5.82 Å². The summed E-state index contributed by atoms with van der Waals surface area (Å²) in [5.74, 6) is 2.29. The van der Waals surface area contributed by atoms with Crippen LogP contribution in [-0.4, -0.2) is 33.4 Å². The molecular formula is C17H27N3O. The lowest BCUT2D eigenvalue weighted by Gasteiger charge is -2.35. The van der Waals surface area contributed by atoms with Crippen LogP contribution < -0.4 is 0 Å². The zero-order valence-electron chi connectivity index (χ0n) is 13.1. The maximum Gasteiger partial charge on any atom is 0.225 e. The average Bonchev–Trinajstić information content (AvgIpc) is 3.04. The van der Waals surface area contributed by atoms with Crippen LogP contribution in [-0.2, 0) is 11.3 Å². The van der Waals surface area contributed by atoms with Gasteiger partial charge in [-0.1, -0.05) is 19.3 Å². The molecule has 21 heavy (non-hydrogen) atoms. The molecule has 0 bridgehead atoms. The normalized spacial score (nSPS) is 24.2. The number of imidazole rings is 1. The van der Waals surface area contributed by atoms with Crippen LogP contribution in [0.25, 0.3) is 0 Å². The highest BCUT2D eigenvalue weighted by molar-refractivity contribution is 5.79. The molecular weight excluding hydrogens is 262 g/mol. The Bertz CT molecular complexity index is 476. The molecule has 1 saturated carbocycles. The van der Waals surface area contributed by atoms with Crippen LogP contribution in [0.1, 0.15) is 63.6 Å². The Labute approximate surface area is 127 Å². The molecule has 116 valence electrons. The number of carbonyl (C=O) groups excluding carboxylic acids is 1. The van der Waals surface area contributed by atoms with Crippen LogP contribution in [0.4, 0.5) is 0 Å². The number of aromatic nitrogens is 2. The van der Waals surface area contributed by atoms with Gasteiger partial charge in [0, 0.05) is 43.9 Å². The molecule has 1 atom stereocenters. The lowest BCUT2D eigenvalue weighted by atomic mass is 9.87. The SMILES string of the molecule is CCn1ccnc1C1CCCN(C(=O)C2CCCCC2)C1. The Kier molecular flexibility index (Phi) is 4.61. The maximum absolute atomic E-state index is 12.7. The Morgan fingerprint density at radius 3 is 2.81 bits per heavy atom. The fourth-order valence-electron chi connectivity index (χ4n) is 3.94. The number of hydrogen-bond acceptors (Lipinski definition) is 2. The van der Waals surface area contributed by atoms with E-state index in [4.69, 9.17) is 0 Å². The quantitative estimate of drug-likeness (QED) is 0.857. The highest BCUT2D eigenvalue weighted by Gasteiger charge is 2.31. The summed E-state index contributed by atoms with van der Waals surface area (Å²) in [7, 11) is 0. The molecule has 2 aliphatic rings. The van der Waals surface area contributed by atoms with Crippen molar-refractivity contribution in [3.8, 4) is 0 Å². The molecule has 0 radical (unpaired) electrons. The molecule has 0 spiro atoms. The molecule has 4 heteroatoms. The first kappa shape index (κ1) is 14.6. The number of carbonyl (C=O) groups is 1. The van der Waals surface area contributed by atoms with Gasteiger partial charge in [0.2, 0.25) is 5.91 Å². The van der Waals surface area contributed by atoms with Crippen LogP contribution in [0, 0.1) is 5.92 Å². The van der Waals surface area contributed by atoms with Gasteiger partial charge in [-0.05, 0) is 32.6 Å². The summed E-state index contributed by atoms with van der Waals surface area (Å²) < 4.78 is 2.22. The fraction of sp³-hybridized carbons (Fsp3) is 0.765. The number of likely N-dealkylation sites (tertiary alicyclic amines) is 1. The Morgan fingerprint density at radius 1 is 1.24 bits per heavy atom. The van der Waals surface area contributed by atoms with Gasteiger partial charge in [-0.25, -0.2) is 4.98 Å². The smallest absolute Gasteiger partial charge is 0.225 e. The van der Waals surface area contributed by atoms with Crippen molar-refractivity contribution in [1.29, 1.82) is 0 Å². The topological polar surface area (TPSA) is 38.1 Å². The maximum atomic E-state index is 12.7. The second-order valence-corrected chi connectivity index (χ2v) is 6.53. The third-order valence-corrected chi connectivity index (χ3v) is 5.14. The molecule has 2 fully saturated rings. The third-order valence-electron chi connectivity index (χ3n) is 5.14. The van der Waals surface area contributed by atoms with Crippen molar-refractivity contribution >= 4 is 5.91 Å². The number of nitrogens with zero attached hydrogens (tertiary/aromatic N) is 3. The van der Waals surface area contributed by atoms with Gasteiger partial charge in [0.25, 0.3) is 0 Å². The van der Waals surface area contributed by atoms with Crippen molar-refractivity contribution in [3.05, 3.63) is 18.2 Å². The van der Waals surface area contributed by atoms with Crippen molar-refractivity contribution in [2.24, 2.45) is 5.92 Å². The van der Waals surface area contributed by atoms with E-state index >= 15 is 0 Å². The first-order chi connectivity index (χ1) is 10.3. The van der Waals surface area contributed by atoms with E-state index in [1.807, 2.05) is 6.20 Å². The van der Waals surface area contributed by atoms with Gasteiger partial charge in [-0.3, -0.25) is 4.79 Å². The summed E-state index contributed by atoms with van der Waals surface area (Å²) in [6.07, 6.45) is 12.2. The number of piperidine rings is 1. The summed E-state index contributed by atoms with van der Waals surface area (Å²) in [5, 5.41) is 0. The third kappa shape index (κ3) is 3.14. The largest absolute Gasteiger partial charge is 0.342 e. The Balaban J connectivity index is 1.66. The van der Waals surface area contributed by atoms with Crippen LogP contribution in [0.15, 0.2) is 12.4 Å². The predicted molar refractivity (Wildman–Crippen MR) is 83.0 cm³/mol. The first-order valence-corrected chi connectivity index (χ1v) is 8.59. The summed E-state index contributed by atoms with van der Waals surface area (Å²) >= 11 is 0. The van der Waals surface area contributed by atoms with Gasteiger partial charge in [-0.15, -0.1) is 0 Å². The Morgan fingerprint density at radius 2 is 2.05 bits per heavy atom. The number of amides is 1. The molecule has 4 nitrogen and oxygen atoms in total. The number of aryl methyl sites for hydroxylation is 1. The summed E-state index contributed by atoms with van der Waals surface area (Å²) in [5.41, 5.74) is 0. The van der Waals surface area contributed by atoms with E-state index in [1.54, 1.807) is 0 Å². The van der Waals surface area contributed by atoms with E-state index < -0.39 is 0 Å². The lowest BCUT2D eigenvalue weighted by molar-refractivity contribution is -0.137. The molecule has 1 saturated heterocycles. The van der Waals surface area contributed by atoms with E-state index in [-0.39, 0.29) is 0 Å². The van der Waals surface area contributed by atoms with Gasteiger partial charge in [0.15, 0.2) is 0 Å². The fourth-order valence-corrected chi connectivity index (χ4v) is 3.94. The van der Waals surface area contributed by atoms with Crippen molar-refractivity contribution in [2.75, 3.05) is 13.1 Å². The molecule has 1 unspecified atom stereocenters. The minimum atomic E-state index is 0.295. The molecule has 1 aromatic rings. The number of hydrogen-bond donors (Lipinski definition) is 0. The minimum Gasteiger partial charge on any atom is -0.342 e. The van der Waals surface area contributed by atoms with E-state index in [9.17, 15) is 4.79 Å². The standard InChI is InChI=1S/C17H27N3O/c1-2-19-12-10-18-16(19)15-9-6-11-20(13-15)17(21)14-7-4-3-5-8-14/h10,12,14-15H,2-9,11,13H2,1H3. The second kappa shape index (κ2) is 6.63. The summed E-state index contributed by atoms with van der Waals surface area (Å²) in [6, 6.07) is 0. The molecule has 1 aromatic heterocycles. The second-order valence-electron chi connectivity index (χ2n) is 6.53. The van der Waals surface area contributed by atoms with Crippen molar-refractivity contribution in [2.45, 2.75) is 64.3 Å². The highest BCUT2D eigenvalue weighted by atomic mass is 16.2. The van der Waals surface area contributed by atoms with Gasteiger partial charge < -0.3 is 9.47 Å². The zero-order valence-corrected chi connectivity index (χ0v) is 13.1. The van der Waals surface area contributed by atoms with Crippen LogP contribution in [0.5, 0.6) is 0 Å². The average molecular weight is 289 g/mol. The highest BCUT2D eigenvalue weighted by Crippen LogP contribution is 2.30. The molecule has 2 heterocycles. The molecule has 1 amide bonds. The molecule has 1 aliphatic heterocycles. The van der Waals surface area contributed by atoms with Crippen molar-refractivity contribution < 1.29 is 4.79 Å². The predicted octanol–water partition coefficient (Wildman–Crippen LogP) is 3.19. The van der Waals surface area contributed by atoms with Crippen LogP contribution >= 0.6 is 0 Å². The zero-order chi connectivity index (χ0) is 14.7. The van der Waals surface area contributed by atoms with E-state index in [0.717, 1.165) is 45.3 Å². The molecule has 0 N–H and O–H groups in total. The first-order valence-electron chi connectivity index (χ1n) is 8.59. The minimum absolute atomic E-state index is 0.295. The van der Waals surface area contributed by atoms with E-state index in [1.165, 1.54) is 25.1 Å². The number of rotatable bonds is 3.